The zero-order valence-electron chi connectivity index (χ0n) is 9.95. The third-order valence-corrected chi connectivity index (χ3v) is 2.63. The van der Waals surface area contributed by atoms with Crippen molar-refractivity contribution >= 4 is 11.8 Å². The Morgan fingerprint density at radius 3 is 2.75 bits per heavy atom. The monoisotopic (exact) mass is 226 g/mol. The van der Waals surface area contributed by atoms with Crippen molar-refractivity contribution in [2.24, 2.45) is 0 Å². The lowest BCUT2D eigenvalue weighted by Gasteiger charge is -2.32. The van der Waals surface area contributed by atoms with Crippen LogP contribution in [0.25, 0.3) is 0 Å². The van der Waals surface area contributed by atoms with Crippen molar-refractivity contribution in [3.63, 3.8) is 0 Å². The van der Waals surface area contributed by atoms with E-state index in [0.29, 0.717) is 6.61 Å². The molecule has 5 heteroatoms. The van der Waals surface area contributed by atoms with Crippen molar-refractivity contribution in [3.8, 4) is 0 Å². The maximum atomic E-state index is 11.5. The molecule has 0 aromatic heterocycles. The third kappa shape index (κ3) is 2.61. The molecule has 16 heavy (non-hydrogen) atoms. The Morgan fingerprint density at radius 1 is 1.50 bits per heavy atom. The van der Waals surface area contributed by atoms with Gasteiger partial charge in [0, 0.05) is 26.5 Å². The normalized spacial score (nSPS) is 23.8. The minimum absolute atomic E-state index is 0.0768. The molecule has 0 aliphatic carbocycles. The molecule has 0 spiro atoms. The summed E-state index contributed by atoms with van der Waals surface area (Å²) in [5, 5.41) is 2.68. The molecule has 5 nitrogen and oxygen atoms in total. The SMILES string of the molecule is CCC1NC(=O)C(=O)N(C)/C1=C/CCOC. The van der Waals surface area contributed by atoms with Gasteiger partial charge < -0.3 is 15.0 Å². The van der Waals surface area contributed by atoms with Crippen LogP contribution in [0.3, 0.4) is 0 Å². The lowest BCUT2D eigenvalue weighted by atomic mass is 10.1. The number of nitrogens with one attached hydrogen (secondary N) is 1. The lowest BCUT2D eigenvalue weighted by molar-refractivity contribution is -0.146. The first-order chi connectivity index (χ1) is 7.61. The second-order valence-electron chi connectivity index (χ2n) is 3.71. The molecule has 1 aliphatic rings. The first kappa shape index (κ1) is 12.7. The van der Waals surface area contributed by atoms with Crippen LogP contribution in [0.2, 0.25) is 0 Å². The standard InChI is InChI=1S/C11H18N2O3/c1-4-8-9(6-5-7-16-3)13(2)11(15)10(14)12-8/h6,8H,4-5,7H2,1-3H3,(H,12,14)/b9-6+. The van der Waals surface area contributed by atoms with Crippen LogP contribution in [-0.4, -0.2) is 43.5 Å². The van der Waals surface area contributed by atoms with E-state index in [0.717, 1.165) is 18.5 Å². The van der Waals surface area contributed by atoms with Gasteiger partial charge in [-0.15, -0.1) is 0 Å². The quantitative estimate of drug-likeness (QED) is 0.553. The molecular weight excluding hydrogens is 208 g/mol. The highest BCUT2D eigenvalue weighted by Gasteiger charge is 2.32. The van der Waals surface area contributed by atoms with Gasteiger partial charge in [-0.05, 0) is 12.8 Å². The van der Waals surface area contributed by atoms with Gasteiger partial charge in [-0.1, -0.05) is 13.0 Å². The highest BCUT2D eigenvalue weighted by atomic mass is 16.5. The van der Waals surface area contributed by atoms with Crippen molar-refractivity contribution in [3.05, 3.63) is 11.8 Å². The number of piperazine rings is 1. The van der Waals surface area contributed by atoms with E-state index in [1.165, 1.54) is 4.90 Å². The number of amides is 2. The summed E-state index contributed by atoms with van der Waals surface area (Å²) in [6.07, 6.45) is 3.44. The smallest absolute Gasteiger partial charge is 0.315 e. The topological polar surface area (TPSA) is 58.6 Å². The summed E-state index contributed by atoms with van der Waals surface area (Å²) < 4.78 is 4.95. The summed E-state index contributed by atoms with van der Waals surface area (Å²) in [5.41, 5.74) is 0.851. The fraction of sp³-hybridized carbons (Fsp3) is 0.636. The van der Waals surface area contributed by atoms with E-state index in [-0.39, 0.29) is 6.04 Å². The highest BCUT2D eigenvalue weighted by molar-refractivity contribution is 6.36. The maximum Gasteiger partial charge on any atom is 0.315 e. The number of hydrogen-bond donors (Lipinski definition) is 1. The Balaban J connectivity index is 2.80. The van der Waals surface area contributed by atoms with Crippen LogP contribution >= 0.6 is 0 Å². The van der Waals surface area contributed by atoms with Gasteiger partial charge in [-0.25, -0.2) is 0 Å². The molecule has 1 atom stereocenters. The molecule has 1 heterocycles. The third-order valence-electron chi connectivity index (χ3n) is 2.63. The van der Waals surface area contributed by atoms with E-state index in [2.05, 4.69) is 5.32 Å². The largest absolute Gasteiger partial charge is 0.384 e. The molecule has 0 radical (unpaired) electrons. The van der Waals surface area contributed by atoms with Crippen LogP contribution in [0.4, 0.5) is 0 Å². The molecule has 0 bridgehead atoms. The molecule has 1 unspecified atom stereocenters. The molecule has 1 rings (SSSR count). The molecule has 1 fully saturated rings. The van der Waals surface area contributed by atoms with Crippen molar-refractivity contribution in [1.82, 2.24) is 10.2 Å². The molecule has 0 saturated carbocycles. The number of likely N-dealkylation sites (N-methyl/N-ethyl adjacent to an activating group) is 1. The molecule has 90 valence electrons. The van der Waals surface area contributed by atoms with E-state index in [9.17, 15) is 9.59 Å². The molecule has 1 N–H and O–H groups in total. The van der Waals surface area contributed by atoms with Gasteiger partial charge in [-0.3, -0.25) is 9.59 Å². The van der Waals surface area contributed by atoms with Gasteiger partial charge in [-0.2, -0.15) is 0 Å². The fourth-order valence-electron chi connectivity index (χ4n) is 1.71. The van der Waals surface area contributed by atoms with Crippen LogP contribution in [0.15, 0.2) is 11.8 Å². The Bertz CT molecular complexity index is 312. The molecule has 0 aromatic rings. The summed E-state index contributed by atoms with van der Waals surface area (Å²) in [5.74, 6) is -1.04. The Hall–Kier alpha value is -1.36. The van der Waals surface area contributed by atoms with E-state index >= 15 is 0 Å². The zero-order chi connectivity index (χ0) is 12.1. The summed E-state index contributed by atoms with van der Waals surface area (Å²) >= 11 is 0. The number of hydrogen-bond acceptors (Lipinski definition) is 3. The summed E-state index contributed by atoms with van der Waals surface area (Å²) in [4.78, 5) is 24.2. The molecule has 2 amide bonds. The second-order valence-corrected chi connectivity index (χ2v) is 3.71. The second kappa shape index (κ2) is 5.65. The van der Waals surface area contributed by atoms with Crippen molar-refractivity contribution in [2.45, 2.75) is 25.8 Å². The van der Waals surface area contributed by atoms with Gasteiger partial charge in [0.1, 0.15) is 0 Å². The lowest BCUT2D eigenvalue weighted by Crippen LogP contribution is -2.54. The Kier molecular flexibility index (Phi) is 4.49. The molecule has 0 aromatic carbocycles. The first-order valence-electron chi connectivity index (χ1n) is 5.39. The average Bonchev–Trinajstić information content (AvgIpc) is 2.29. The fourth-order valence-corrected chi connectivity index (χ4v) is 1.71. The summed E-state index contributed by atoms with van der Waals surface area (Å²) in [7, 11) is 3.26. The van der Waals surface area contributed by atoms with Gasteiger partial charge in [0.2, 0.25) is 0 Å². The van der Waals surface area contributed by atoms with Gasteiger partial charge >= 0.3 is 11.8 Å². The predicted octanol–water partition coefficient (Wildman–Crippen LogP) is 0.274. The van der Waals surface area contributed by atoms with Crippen molar-refractivity contribution in [1.29, 1.82) is 0 Å². The summed E-state index contributed by atoms with van der Waals surface area (Å²) in [6, 6.07) is -0.0768. The highest BCUT2D eigenvalue weighted by Crippen LogP contribution is 2.16. The van der Waals surface area contributed by atoms with Gasteiger partial charge in [0.15, 0.2) is 0 Å². The van der Waals surface area contributed by atoms with E-state index in [1.54, 1.807) is 14.2 Å². The Labute approximate surface area is 95.4 Å². The maximum absolute atomic E-state index is 11.5. The zero-order valence-corrected chi connectivity index (χ0v) is 9.95. The number of carbonyl (C=O) groups is 2. The first-order valence-corrected chi connectivity index (χ1v) is 5.39. The molecule has 1 saturated heterocycles. The van der Waals surface area contributed by atoms with E-state index in [4.69, 9.17) is 4.74 Å². The predicted molar refractivity (Wildman–Crippen MR) is 59.6 cm³/mol. The van der Waals surface area contributed by atoms with E-state index in [1.807, 2.05) is 13.0 Å². The van der Waals surface area contributed by atoms with Crippen LogP contribution in [-0.2, 0) is 14.3 Å². The summed E-state index contributed by atoms with van der Waals surface area (Å²) in [6.45, 7) is 2.58. The average molecular weight is 226 g/mol. The molecular formula is C11H18N2O3. The number of ether oxygens (including phenoxy) is 1. The van der Waals surface area contributed by atoms with Gasteiger partial charge in [0.25, 0.3) is 0 Å². The van der Waals surface area contributed by atoms with Crippen molar-refractivity contribution < 1.29 is 14.3 Å². The van der Waals surface area contributed by atoms with E-state index < -0.39 is 11.8 Å². The van der Waals surface area contributed by atoms with Crippen LogP contribution in [0, 0.1) is 0 Å². The number of methoxy groups -OCH3 is 1. The minimum Gasteiger partial charge on any atom is -0.384 e. The number of carbonyl (C=O) groups excluding carboxylic acids is 2. The van der Waals surface area contributed by atoms with Gasteiger partial charge in [0.05, 0.1) is 6.04 Å². The number of nitrogens with zero attached hydrogens (tertiary/aromatic N) is 1. The molecule has 1 aliphatic heterocycles. The van der Waals surface area contributed by atoms with Crippen LogP contribution in [0.1, 0.15) is 19.8 Å². The minimum atomic E-state index is -0.529. The number of rotatable bonds is 4. The Morgan fingerprint density at radius 2 is 2.19 bits per heavy atom. The van der Waals surface area contributed by atoms with Crippen LogP contribution < -0.4 is 5.32 Å². The van der Waals surface area contributed by atoms with Crippen LogP contribution in [0.5, 0.6) is 0 Å². The van der Waals surface area contributed by atoms with Crippen molar-refractivity contribution in [2.75, 3.05) is 20.8 Å².